The number of amides is 1. The SMILES string of the molecule is CN[C@H](C(=O)NC1CCC(Oc2cccc3nc(C)c(C(=O)O)c(N)c23)CC1)C(C)C. The number of benzene rings is 1. The zero-order valence-electron chi connectivity index (χ0n) is 18.6. The number of carbonyl (C=O) groups is 2. The third kappa shape index (κ3) is 4.90. The number of nitrogen functional groups attached to an aromatic ring is 1. The molecule has 3 rings (SSSR count). The Kier molecular flexibility index (Phi) is 7.00. The van der Waals surface area contributed by atoms with Crippen LogP contribution in [0.1, 0.15) is 55.6 Å². The number of hydrogen-bond donors (Lipinski definition) is 4. The number of hydrogen-bond acceptors (Lipinski definition) is 6. The Morgan fingerprint density at radius 1 is 1.23 bits per heavy atom. The van der Waals surface area contributed by atoms with Gasteiger partial charge in [-0.15, -0.1) is 0 Å². The van der Waals surface area contributed by atoms with Crippen LogP contribution in [0.15, 0.2) is 18.2 Å². The van der Waals surface area contributed by atoms with Crippen LogP contribution in [0.25, 0.3) is 10.9 Å². The number of carboxylic acid groups (broad SMARTS) is 1. The number of carbonyl (C=O) groups excluding carboxylic acids is 1. The first-order chi connectivity index (χ1) is 14.7. The van der Waals surface area contributed by atoms with E-state index in [-0.39, 0.29) is 41.3 Å². The summed E-state index contributed by atoms with van der Waals surface area (Å²) in [7, 11) is 1.80. The van der Waals surface area contributed by atoms with E-state index in [1.54, 1.807) is 26.1 Å². The Hall–Kier alpha value is -2.87. The molecule has 31 heavy (non-hydrogen) atoms. The molecule has 1 fully saturated rings. The van der Waals surface area contributed by atoms with Crippen LogP contribution in [0.5, 0.6) is 5.75 Å². The molecule has 0 unspecified atom stereocenters. The molecule has 1 aliphatic carbocycles. The van der Waals surface area contributed by atoms with Gasteiger partial charge >= 0.3 is 5.97 Å². The normalized spacial score (nSPS) is 19.9. The zero-order chi connectivity index (χ0) is 22.7. The van der Waals surface area contributed by atoms with E-state index in [9.17, 15) is 14.7 Å². The van der Waals surface area contributed by atoms with E-state index in [2.05, 4.69) is 15.6 Å². The fraction of sp³-hybridized carbons (Fsp3) is 0.522. The number of pyridine rings is 1. The average molecular weight is 429 g/mol. The average Bonchev–Trinajstić information content (AvgIpc) is 2.69. The minimum absolute atomic E-state index is 0.0132. The number of nitrogens with two attached hydrogens (primary N) is 1. The molecule has 5 N–H and O–H groups in total. The molecule has 2 aromatic rings. The minimum Gasteiger partial charge on any atom is -0.490 e. The van der Waals surface area contributed by atoms with Gasteiger partial charge in [0.2, 0.25) is 5.91 Å². The number of likely N-dealkylation sites (N-methyl/N-ethyl adjacent to an activating group) is 1. The lowest BCUT2D eigenvalue weighted by atomic mass is 9.92. The van der Waals surface area contributed by atoms with E-state index in [1.165, 1.54) is 0 Å². The maximum atomic E-state index is 12.5. The maximum absolute atomic E-state index is 12.5. The Morgan fingerprint density at radius 2 is 1.90 bits per heavy atom. The Bertz CT molecular complexity index is 968. The van der Waals surface area contributed by atoms with E-state index >= 15 is 0 Å². The second-order valence-corrected chi connectivity index (χ2v) is 8.55. The molecule has 0 radical (unpaired) electrons. The van der Waals surface area contributed by atoms with Gasteiger partial charge in [-0.2, -0.15) is 0 Å². The highest BCUT2D eigenvalue weighted by atomic mass is 16.5. The first-order valence-electron chi connectivity index (χ1n) is 10.8. The predicted molar refractivity (Wildman–Crippen MR) is 120 cm³/mol. The van der Waals surface area contributed by atoms with Gasteiger partial charge in [-0.25, -0.2) is 4.79 Å². The standard InChI is InChI=1S/C23H32N4O4/c1-12(2)21(25-4)22(28)27-14-8-10-15(11-9-14)31-17-7-5-6-16-19(17)20(24)18(23(29)30)13(3)26-16/h5-7,12,14-15,21,25H,8-11H2,1-4H3,(H2,24,26)(H,27,28)(H,29,30)/t14?,15?,21-/m0/s1. The Balaban J connectivity index is 1.70. The van der Waals surface area contributed by atoms with Crippen molar-refractivity contribution in [3.63, 3.8) is 0 Å². The number of carboxylic acids is 1. The van der Waals surface area contributed by atoms with Crippen LogP contribution < -0.4 is 21.1 Å². The molecule has 1 atom stereocenters. The predicted octanol–water partition coefficient (Wildman–Crippen LogP) is 2.87. The molecule has 1 aromatic carbocycles. The Labute approximate surface area is 182 Å². The molecule has 0 aliphatic heterocycles. The van der Waals surface area contributed by atoms with Gasteiger partial charge in [0.05, 0.1) is 34.4 Å². The van der Waals surface area contributed by atoms with Crippen LogP contribution in [0, 0.1) is 12.8 Å². The quantitative estimate of drug-likeness (QED) is 0.534. The van der Waals surface area contributed by atoms with Crippen molar-refractivity contribution in [1.29, 1.82) is 0 Å². The highest BCUT2D eigenvalue weighted by Gasteiger charge is 2.28. The molecule has 0 saturated heterocycles. The van der Waals surface area contributed by atoms with Gasteiger partial charge in [-0.1, -0.05) is 19.9 Å². The summed E-state index contributed by atoms with van der Waals surface area (Å²) in [4.78, 5) is 28.5. The van der Waals surface area contributed by atoms with Crippen molar-refractivity contribution in [2.45, 2.75) is 64.6 Å². The lowest BCUT2D eigenvalue weighted by Crippen LogP contribution is -2.50. The first-order valence-corrected chi connectivity index (χ1v) is 10.8. The summed E-state index contributed by atoms with van der Waals surface area (Å²) in [6.07, 6.45) is 3.19. The molecule has 1 aliphatic rings. The van der Waals surface area contributed by atoms with Gasteiger partial charge in [0, 0.05) is 6.04 Å². The molecule has 1 saturated carbocycles. The molecule has 0 spiro atoms. The van der Waals surface area contributed by atoms with Crippen LogP contribution in [-0.2, 0) is 4.79 Å². The van der Waals surface area contributed by atoms with Crippen LogP contribution in [0.4, 0.5) is 5.69 Å². The van der Waals surface area contributed by atoms with Crippen molar-refractivity contribution in [2.75, 3.05) is 12.8 Å². The van der Waals surface area contributed by atoms with E-state index in [1.807, 2.05) is 19.9 Å². The molecule has 0 bridgehead atoms. The smallest absolute Gasteiger partial charge is 0.339 e. The third-order valence-electron chi connectivity index (χ3n) is 5.98. The number of aryl methyl sites for hydroxylation is 1. The number of aromatic carboxylic acids is 1. The highest BCUT2D eigenvalue weighted by Crippen LogP contribution is 2.35. The summed E-state index contributed by atoms with van der Waals surface area (Å²) in [5, 5.41) is 16.3. The summed E-state index contributed by atoms with van der Waals surface area (Å²) in [5.41, 5.74) is 7.40. The van der Waals surface area contributed by atoms with Crippen molar-refractivity contribution in [3.8, 4) is 5.75 Å². The van der Waals surface area contributed by atoms with E-state index < -0.39 is 5.97 Å². The van der Waals surface area contributed by atoms with E-state index in [0.29, 0.717) is 22.3 Å². The van der Waals surface area contributed by atoms with Crippen molar-refractivity contribution >= 4 is 28.5 Å². The van der Waals surface area contributed by atoms with Gasteiger partial charge in [0.15, 0.2) is 0 Å². The number of rotatable bonds is 7. The summed E-state index contributed by atoms with van der Waals surface area (Å²) < 4.78 is 6.25. The molecule has 8 heteroatoms. The molecule has 1 amide bonds. The molecule has 8 nitrogen and oxygen atoms in total. The minimum atomic E-state index is -1.10. The van der Waals surface area contributed by atoms with Gasteiger partial charge in [-0.05, 0) is 57.7 Å². The van der Waals surface area contributed by atoms with Crippen molar-refractivity contribution in [1.82, 2.24) is 15.6 Å². The summed E-state index contributed by atoms with van der Waals surface area (Å²) in [5.74, 6) is -0.301. The van der Waals surface area contributed by atoms with Gasteiger partial charge in [0.25, 0.3) is 0 Å². The highest BCUT2D eigenvalue weighted by molar-refractivity contribution is 6.06. The summed E-state index contributed by atoms with van der Waals surface area (Å²) >= 11 is 0. The second kappa shape index (κ2) is 9.51. The summed E-state index contributed by atoms with van der Waals surface area (Å²) in [6.45, 7) is 5.68. The number of ether oxygens (including phenoxy) is 1. The number of fused-ring (bicyclic) bond motifs is 1. The molecular formula is C23H32N4O4. The van der Waals surface area contributed by atoms with Crippen LogP contribution in [0.2, 0.25) is 0 Å². The summed E-state index contributed by atoms with van der Waals surface area (Å²) in [6, 6.07) is 5.36. The van der Waals surface area contributed by atoms with Crippen LogP contribution in [0.3, 0.4) is 0 Å². The largest absolute Gasteiger partial charge is 0.490 e. The molecule has 168 valence electrons. The third-order valence-corrected chi connectivity index (χ3v) is 5.98. The fourth-order valence-corrected chi connectivity index (χ4v) is 4.37. The van der Waals surface area contributed by atoms with Gasteiger partial charge < -0.3 is 26.2 Å². The topological polar surface area (TPSA) is 127 Å². The molecule has 1 heterocycles. The van der Waals surface area contributed by atoms with Crippen LogP contribution >= 0.6 is 0 Å². The van der Waals surface area contributed by atoms with Crippen LogP contribution in [-0.4, -0.2) is 47.2 Å². The van der Waals surface area contributed by atoms with E-state index in [4.69, 9.17) is 10.5 Å². The lowest BCUT2D eigenvalue weighted by molar-refractivity contribution is -0.125. The van der Waals surface area contributed by atoms with Crippen molar-refractivity contribution in [2.24, 2.45) is 5.92 Å². The van der Waals surface area contributed by atoms with Crippen molar-refractivity contribution in [3.05, 3.63) is 29.5 Å². The first kappa shape index (κ1) is 22.8. The monoisotopic (exact) mass is 428 g/mol. The number of anilines is 1. The maximum Gasteiger partial charge on any atom is 0.339 e. The second-order valence-electron chi connectivity index (χ2n) is 8.55. The fourth-order valence-electron chi connectivity index (χ4n) is 4.37. The van der Waals surface area contributed by atoms with Gasteiger partial charge in [-0.3, -0.25) is 9.78 Å². The molecule has 1 aromatic heterocycles. The van der Waals surface area contributed by atoms with Crippen molar-refractivity contribution < 1.29 is 19.4 Å². The number of nitrogens with zero attached hydrogens (tertiary/aromatic N) is 1. The Morgan fingerprint density at radius 3 is 2.48 bits per heavy atom. The lowest BCUT2D eigenvalue weighted by Gasteiger charge is -2.31. The van der Waals surface area contributed by atoms with Gasteiger partial charge in [0.1, 0.15) is 11.3 Å². The molecular weight excluding hydrogens is 396 g/mol. The number of nitrogens with one attached hydrogen (secondary N) is 2. The number of aromatic nitrogens is 1. The zero-order valence-corrected chi connectivity index (χ0v) is 18.6. The van der Waals surface area contributed by atoms with E-state index in [0.717, 1.165) is 25.7 Å².